The molecule has 0 spiro atoms. The monoisotopic (exact) mass is 185 g/mol. The van der Waals surface area contributed by atoms with Crippen LogP contribution in [0.3, 0.4) is 0 Å². The second-order valence-corrected chi connectivity index (χ2v) is 3.42. The zero-order valence-corrected chi connectivity index (χ0v) is 7.62. The van der Waals surface area contributed by atoms with Crippen LogP contribution >= 0.6 is 8.03 Å². The molecule has 1 rings (SSSR count). The molecule has 0 heterocycles. The fourth-order valence-corrected chi connectivity index (χ4v) is 1.65. The van der Waals surface area contributed by atoms with Crippen molar-refractivity contribution in [1.29, 1.82) is 0 Å². The standard InChI is InChI=1S/C8H9O3P/c1-2-11-12(10)8-6-4-3-5-7(8)9/h3-6H,2H2,1H3/p+1. The molecule has 0 bridgehead atoms. The Hall–Kier alpha value is -0.920. The summed E-state index contributed by atoms with van der Waals surface area (Å²) in [6.45, 7) is 2.14. The Kier molecular flexibility index (Phi) is 3.20. The first-order chi connectivity index (χ1) is 5.75. The van der Waals surface area contributed by atoms with E-state index >= 15 is 0 Å². The van der Waals surface area contributed by atoms with Crippen molar-refractivity contribution in [3.05, 3.63) is 24.3 Å². The number of benzene rings is 1. The van der Waals surface area contributed by atoms with Gasteiger partial charge in [0.25, 0.3) is 5.30 Å². The minimum Gasteiger partial charge on any atom is -0.504 e. The first kappa shape index (κ1) is 9.17. The van der Waals surface area contributed by atoms with Crippen molar-refractivity contribution < 1.29 is 14.2 Å². The van der Waals surface area contributed by atoms with Gasteiger partial charge in [-0.25, -0.2) is 0 Å². The lowest BCUT2D eigenvalue weighted by molar-refractivity contribution is 0.356. The molecule has 0 amide bonds. The van der Waals surface area contributed by atoms with Crippen LogP contribution in [0.5, 0.6) is 5.75 Å². The molecule has 1 aromatic rings. The highest BCUT2D eigenvalue weighted by atomic mass is 31.1. The Balaban J connectivity index is 2.87. The van der Waals surface area contributed by atoms with Gasteiger partial charge < -0.3 is 5.11 Å². The topological polar surface area (TPSA) is 46.5 Å². The summed E-state index contributed by atoms with van der Waals surface area (Å²) < 4.78 is 16.1. The number of para-hydroxylation sites is 1. The van der Waals surface area contributed by atoms with E-state index in [0.717, 1.165) is 0 Å². The van der Waals surface area contributed by atoms with Gasteiger partial charge in [-0.2, -0.15) is 0 Å². The Morgan fingerprint density at radius 1 is 1.50 bits per heavy atom. The predicted molar refractivity (Wildman–Crippen MR) is 47.0 cm³/mol. The van der Waals surface area contributed by atoms with Crippen molar-refractivity contribution in [2.24, 2.45) is 0 Å². The molecule has 1 aromatic carbocycles. The molecule has 0 saturated heterocycles. The summed E-state index contributed by atoms with van der Waals surface area (Å²) in [7, 11) is -1.90. The molecule has 3 nitrogen and oxygen atoms in total. The van der Waals surface area contributed by atoms with Crippen LogP contribution in [0.2, 0.25) is 0 Å². The highest BCUT2D eigenvalue weighted by Gasteiger charge is 2.24. The summed E-state index contributed by atoms with van der Waals surface area (Å²) >= 11 is 0. The summed E-state index contributed by atoms with van der Waals surface area (Å²) in [6.07, 6.45) is 0. The smallest absolute Gasteiger partial charge is 0.504 e. The van der Waals surface area contributed by atoms with Crippen LogP contribution in [-0.4, -0.2) is 11.7 Å². The fourth-order valence-electron chi connectivity index (χ4n) is 0.805. The molecule has 0 aliphatic carbocycles. The van der Waals surface area contributed by atoms with E-state index in [1.54, 1.807) is 25.1 Å². The largest absolute Gasteiger partial charge is 0.552 e. The fraction of sp³-hybridized carbons (Fsp3) is 0.250. The number of rotatable bonds is 3. The number of phenols is 1. The molecule has 12 heavy (non-hydrogen) atoms. The van der Waals surface area contributed by atoms with E-state index in [0.29, 0.717) is 11.9 Å². The maximum Gasteiger partial charge on any atom is 0.552 e. The Bertz CT molecular complexity index is 285. The summed E-state index contributed by atoms with van der Waals surface area (Å²) in [5.41, 5.74) is 0. The minimum atomic E-state index is -1.90. The Morgan fingerprint density at radius 3 is 2.75 bits per heavy atom. The van der Waals surface area contributed by atoms with Gasteiger partial charge in [0.1, 0.15) is 6.61 Å². The summed E-state index contributed by atoms with van der Waals surface area (Å²) in [5, 5.41) is 9.60. The molecule has 0 saturated carbocycles. The second-order valence-electron chi connectivity index (χ2n) is 2.16. The second kappa shape index (κ2) is 4.19. The van der Waals surface area contributed by atoms with Gasteiger partial charge in [0.15, 0.2) is 5.75 Å². The lowest BCUT2D eigenvalue weighted by Crippen LogP contribution is -1.98. The van der Waals surface area contributed by atoms with Gasteiger partial charge in [0.2, 0.25) is 0 Å². The summed E-state index contributed by atoms with van der Waals surface area (Å²) in [5.74, 6) is 0.0204. The molecule has 1 atom stereocenters. The number of hydrogen-bond donors (Lipinski definition) is 1. The first-order valence-electron chi connectivity index (χ1n) is 3.64. The van der Waals surface area contributed by atoms with Gasteiger partial charge in [-0.3, -0.25) is 0 Å². The van der Waals surface area contributed by atoms with Crippen LogP contribution in [0, 0.1) is 0 Å². The van der Waals surface area contributed by atoms with Crippen LogP contribution in [-0.2, 0) is 9.09 Å². The van der Waals surface area contributed by atoms with Gasteiger partial charge in [-0.05, 0) is 23.6 Å². The van der Waals surface area contributed by atoms with E-state index in [4.69, 9.17) is 4.52 Å². The van der Waals surface area contributed by atoms with Crippen LogP contribution in [0.25, 0.3) is 0 Å². The average Bonchev–Trinajstić information content (AvgIpc) is 2.05. The number of phenolic OH excluding ortho intramolecular Hbond substituents is 1. The lowest BCUT2D eigenvalue weighted by Gasteiger charge is -1.90. The van der Waals surface area contributed by atoms with Crippen molar-refractivity contribution in [3.63, 3.8) is 0 Å². The maximum atomic E-state index is 11.2. The van der Waals surface area contributed by atoms with Gasteiger partial charge in [0, 0.05) is 0 Å². The molecule has 4 heteroatoms. The quantitative estimate of drug-likeness (QED) is 0.730. The van der Waals surface area contributed by atoms with Gasteiger partial charge in [-0.15, -0.1) is 4.52 Å². The minimum absolute atomic E-state index is 0.0204. The van der Waals surface area contributed by atoms with Gasteiger partial charge in [-0.1, -0.05) is 12.1 Å². The Morgan fingerprint density at radius 2 is 2.17 bits per heavy atom. The van der Waals surface area contributed by atoms with E-state index < -0.39 is 8.03 Å². The molecule has 1 unspecified atom stereocenters. The molecule has 1 N–H and O–H groups in total. The van der Waals surface area contributed by atoms with E-state index in [1.807, 2.05) is 0 Å². The summed E-state index contributed by atoms with van der Waals surface area (Å²) in [6, 6.07) is 6.46. The van der Waals surface area contributed by atoms with Crippen molar-refractivity contribution in [1.82, 2.24) is 0 Å². The molecule has 64 valence electrons. The third-order valence-corrected chi connectivity index (χ3v) is 2.59. The number of aromatic hydroxyl groups is 1. The van der Waals surface area contributed by atoms with Crippen molar-refractivity contribution in [2.75, 3.05) is 6.61 Å². The third kappa shape index (κ3) is 2.03. The normalized spacial score (nSPS) is 11.2. The van der Waals surface area contributed by atoms with Gasteiger partial charge >= 0.3 is 8.03 Å². The van der Waals surface area contributed by atoms with Crippen LogP contribution < -0.4 is 5.30 Å². The zero-order chi connectivity index (χ0) is 8.97. The van der Waals surface area contributed by atoms with Crippen LogP contribution in [0.4, 0.5) is 0 Å². The van der Waals surface area contributed by atoms with Crippen molar-refractivity contribution in [3.8, 4) is 5.75 Å². The lowest BCUT2D eigenvalue weighted by atomic mass is 10.3. The molecule has 0 aliphatic heterocycles. The van der Waals surface area contributed by atoms with E-state index in [1.165, 1.54) is 6.07 Å². The van der Waals surface area contributed by atoms with E-state index in [2.05, 4.69) is 0 Å². The van der Waals surface area contributed by atoms with Gasteiger partial charge in [0.05, 0.1) is 0 Å². The molecule has 0 fully saturated rings. The highest BCUT2D eigenvalue weighted by molar-refractivity contribution is 7.48. The van der Waals surface area contributed by atoms with E-state index in [9.17, 15) is 9.67 Å². The first-order valence-corrected chi connectivity index (χ1v) is 4.81. The van der Waals surface area contributed by atoms with Crippen molar-refractivity contribution >= 4 is 13.3 Å². The molecule has 0 radical (unpaired) electrons. The molecule has 0 aromatic heterocycles. The predicted octanol–water partition coefficient (Wildman–Crippen LogP) is 1.80. The van der Waals surface area contributed by atoms with Crippen LogP contribution in [0.15, 0.2) is 24.3 Å². The summed E-state index contributed by atoms with van der Waals surface area (Å²) in [4.78, 5) is 0. The average molecular weight is 185 g/mol. The van der Waals surface area contributed by atoms with E-state index in [-0.39, 0.29) is 5.75 Å². The zero-order valence-electron chi connectivity index (χ0n) is 6.73. The highest BCUT2D eigenvalue weighted by Crippen LogP contribution is 2.25. The van der Waals surface area contributed by atoms with Crippen molar-refractivity contribution in [2.45, 2.75) is 6.92 Å². The Labute approximate surface area is 71.9 Å². The number of hydrogen-bond acceptors (Lipinski definition) is 3. The maximum absolute atomic E-state index is 11.2. The SMILES string of the molecule is CCO[P+](=O)c1ccccc1O. The third-order valence-electron chi connectivity index (χ3n) is 1.32. The molecular weight excluding hydrogens is 175 g/mol. The molecular formula is C8H10O3P+. The van der Waals surface area contributed by atoms with Crippen LogP contribution in [0.1, 0.15) is 6.92 Å². The molecule has 0 aliphatic rings.